The topological polar surface area (TPSA) is 97.8 Å². The van der Waals surface area contributed by atoms with Crippen molar-refractivity contribution in [3.63, 3.8) is 0 Å². The number of pyridine rings is 1. The van der Waals surface area contributed by atoms with Crippen molar-refractivity contribution in [2.75, 3.05) is 18.5 Å². The van der Waals surface area contributed by atoms with Gasteiger partial charge in [0, 0.05) is 11.6 Å². The lowest BCUT2D eigenvalue weighted by molar-refractivity contribution is 0.172. The minimum absolute atomic E-state index is 0.442. The quantitative estimate of drug-likeness (QED) is 0.744. The monoisotopic (exact) mass is 284 g/mol. The van der Waals surface area contributed by atoms with Gasteiger partial charge in [0.1, 0.15) is 19.0 Å². The van der Waals surface area contributed by atoms with Crippen molar-refractivity contribution in [1.82, 2.24) is 25.6 Å². The van der Waals surface area contributed by atoms with Gasteiger partial charge in [0.25, 0.3) is 0 Å². The van der Waals surface area contributed by atoms with Crippen LogP contribution >= 0.6 is 0 Å². The van der Waals surface area contributed by atoms with Crippen molar-refractivity contribution >= 4 is 16.6 Å². The molecule has 1 aromatic carbocycles. The zero-order valence-electron chi connectivity index (χ0n) is 11.0. The summed E-state index contributed by atoms with van der Waals surface area (Å²) in [6.45, 7) is 1.58. The Bertz CT molecular complexity index is 774. The Morgan fingerprint density at radius 2 is 2.05 bits per heavy atom. The molecule has 1 aliphatic rings. The van der Waals surface area contributed by atoms with Crippen LogP contribution in [0, 0.1) is 0 Å². The van der Waals surface area contributed by atoms with Crippen LogP contribution in [0.4, 0.5) is 5.82 Å². The van der Waals surface area contributed by atoms with E-state index in [1.807, 2.05) is 18.2 Å². The molecule has 0 radical (unpaired) electrons. The van der Waals surface area contributed by atoms with E-state index in [-0.39, 0.29) is 0 Å². The second-order valence-corrected chi connectivity index (χ2v) is 4.56. The van der Waals surface area contributed by atoms with Crippen molar-refractivity contribution in [3.05, 3.63) is 30.2 Å². The molecule has 0 aliphatic carbocycles. The van der Waals surface area contributed by atoms with E-state index in [0.717, 1.165) is 28.1 Å². The van der Waals surface area contributed by atoms with Crippen molar-refractivity contribution in [2.45, 2.75) is 6.54 Å². The third-order valence-electron chi connectivity index (χ3n) is 3.23. The highest BCUT2D eigenvalue weighted by Gasteiger charge is 2.14. The largest absolute Gasteiger partial charge is 0.486 e. The first-order chi connectivity index (χ1) is 10.4. The third kappa shape index (κ3) is 2.20. The molecule has 0 saturated heterocycles. The number of fused-ring (bicyclic) bond motifs is 2. The smallest absolute Gasteiger partial charge is 0.193 e. The molecule has 0 amide bonds. The fraction of sp³-hybridized carbons (Fsp3) is 0.231. The molecule has 0 saturated carbocycles. The Morgan fingerprint density at radius 3 is 2.86 bits per heavy atom. The van der Waals surface area contributed by atoms with Gasteiger partial charge in [0.2, 0.25) is 0 Å². The molecule has 106 valence electrons. The summed E-state index contributed by atoms with van der Waals surface area (Å²) in [7, 11) is 0. The number of aromatic amines is 1. The maximum absolute atomic E-state index is 5.62. The lowest BCUT2D eigenvalue weighted by Gasteiger charge is -2.19. The van der Waals surface area contributed by atoms with E-state index in [9.17, 15) is 0 Å². The maximum atomic E-state index is 5.62. The SMILES string of the molecule is c1cc2cc3c(cc2c(NCc2nn[nH]n2)n1)OCCO3. The third-order valence-corrected chi connectivity index (χ3v) is 3.23. The van der Waals surface area contributed by atoms with E-state index < -0.39 is 0 Å². The lowest BCUT2D eigenvalue weighted by Crippen LogP contribution is -2.15. The first-order valence-electron chi connectivity index (χ1n) is 6.55. The van der Waals surface area contributed by atoms with Gasteiger partial charge in [-0.1, -0.05) is 5.21 Å². The Hall–Kier alpha value is -2.90. The highest BCUT2D eigenvalue weighted by atomic mass is 16.6. The number of rotatable bonds is 3. The predicted molar refractivity (Wildman–Crippen MR) is 74.2 cm³/mol. The Morgan fingerprint density at radius 1 is 1.19 bits per heavy atom. The average molecular weight is 284 g/mol. The fourth-order valence-electron chi connectivity index (χ4n) is 2.27. The number of tetrazole rings is 1. The highest BCUT2D eigenvalue weighted by molar-refractivity contribution is 5.94. The average Bonchev–Trinajstić information content (AvgIpc) is 3.04. The van der Waals surface area contributed by atoms with Gasteiger partial charge < -0.3 is 14.8 Å². The Labute approximate surface area is 119 Å². The number of nitrogens with zero attached hydrogens (tertiary/aromatic N) is 4. The molecule has 0 atom stereocenters. The molecule has 2 N–H and O–H groups in total. The molecule has 0 bridgehead atoms. The van der Waals surface area contributed by atoms with Crippen LogP contribution in [0.3, 0.4) is 0 Å². The Kier molecular flexibility index (Phi) is 2.77. The molecule has 0 fully saturated rings. The summed E-state index contributed by atoms with van der Waals surface area (Å²) in [5, 5.41) is 18.9. The van der Waals surface area contributed by atoms with Crippen LogP contribution < -0.4 is 14.8 Å². The van der Waals surface area contributed by atoms with Crippen LogP contribution in [-0.4, -0.2) is 38.8 Å². The molecule has 3 aromatic rings. The molecule has 0 spiro atoms. The van der Waals surface area contributed by atoms with Gasteiger partial charge in [-0.25, -0.2) is 4.98 Å². The number of hydrogen-bond donors (Lipinski definition) is 2. The number of aromatic nitrogens is 5. The molecule has 8 heteroatoms. The molecule has 3 heterocycles. The van der Waals surface area contributed by atoms with E-state index in [1.165, 1.54) is 0 Å². The molecular weight excluding hydrogens is 272 g/mol. The summed E-state index contributed by atoms with van der Waals surface area (Å²) in [5.41, 5.74) is 0. The fourth-order valence-corrected chi connectivity index (χ4v) is 2.27. The number of benzene rings is 1. The molecular formula is C13H12N6O2. The van der Waals surface area contributed by atoms with Crippen LogP contribution in [0.1, 0.15) is 5.82 Å². The van der Waals surface area contributed by atoms with Gasteiger partial charge in [-0.2, -0.15) is 5.21 Å². The molecule has 4 rings (SSSR count). The van der Waals surface area contributed by atoms with Gasteiger partial charge in [-0.3, -0.25) is 0 Å². The summed E-state index contributed by atoms with van der Waals surface area (Å²) < 4.78 is 11.2. The normalized spacial score (nSPS) is 13.3. The summed E-state index contributed by atoms with van der Waals surface area (Å²) >= 11 is 0. The van der Waals surface area contributed by atoms with Gasteiger partial charge in [0.15, 0.2) is 17.3 Å². The number of ether oxygens (including phenoxy) is 2. The minimum Gasteiger partial charge on any atom is -0.486 e. The van der Waals surface area contributed by atoms with Gasteiger partial charge >= 0.3 is 0 Å². The van der Waals surface area contributed by atoms with Crippen molar-refractivity contribution in [3.8, 4) is 11.5 Å². The van der Waals surface area contributed by atoms with Crippen molar-refractivity contribution in [1.29, 1.82) is 0 Å². The maximum Gasteiger partial charge on any atom is 0.193 e. The molecule has 2 aromatic heterocycles. The number of hydrogen-bond acceptors (Lipinski definition) is 7. The highest BCUT2D eigenvalue weighted by Crippen LogP contribution is 2.36. The lowest BCUT2D eigenvalue weighted by atomic mass is 10.1. The predicted octanol–water partition coefficient (Wildman–Crippen LogP) is 1.13. The van der Waals surface area contributed by atoms with Gasteiger partial charge in [-0.15, -0.1) is 10.2 Å². The van der Waals surface area contributed by atoms with E-state index in [0.29, 0.717) is 25.6 Å². The molecule has 1 aliphatic heterocycles. The first kappa shape index (κ1) is 11.9. The van der Waals surface area contributed by atoms with Crippen LogP contribution in [0.2, 0.25) is 0 Å². The summed E-state index contributed by atoms with van der Waals surface area (Å²) in [5.74, 6) is 2.83. The standard InChI is InChI=1S/C13H12N6O2/c1-2-14-13(15-7-12-16-18-19-17-12)9-6-11-10(5-8(1)9)20-3-4-21-11/h1-2,5-6H,3-4,7H2,(H,14,15)(H,16,17,18,19). The number of H-pyrrole nitrogens is 1. The van der Waals surface area contributed by atoms with Crippen molar-refractivity contribution < 1.29 is 9.47 Å². The summed E-state index contributed by atoms with van der Waals surface area (Å²) in [6, 6.07) is 5.84. The number of nitrogens with one attached hydrogen (secondary N) is 2. The Balaban J connectivity index is 1.71. The molecule has 8 nitrogen and oxygen atoms in total. The van der Waals surface area contributed by atoms with Crippen LogP contribution in [0.5, 0.6) is 11.5 Å². The second kappa shape index (κ2) is 4.89. The second-order valence-electron chi connectivity index (χ2n) is 4.56. The van der Waals surface area contributed by atoms with E-state index in [1.54, 1.807) is 6.20 Å². The van der Waals surface area contributed by atoms with Crippen LogP contribution in [-0.2, 0) is 6.54 Å². The molecule has 21 heavy (non-hydrogen) atoms. The zero-order valence-corrected chi connectivity index (χ0v) is 11.0. The summed E-state index contributed by atoms with van der Waals surface area (Å²) in [6.07, 6.45) is 1.75. The summed E-state index contributed by atoms with van der Waals surface area (Å²) in [4.78, 5) is 4.36. The minimum atomic E-state index is 0.442. The van der Waals surface area contributed by atoms with E-state index in [4.69, 9.17) is 9.47 Å². The van der Waals surface area contributed by atoms with Gasteiger partial charge in [-0.05, 0) is 23.6 Å². The van der Waals surface area contributed by atoms with Crippen LogP contribution in [0.15, 0.2) is 24.4 Å². The molecule has 0 unspecified atom stereocenters. The van der Waals surface area contributed by atoms with Crippen molar-refractivity contribution in [2.24, 2.45) is 0 Å². The van der Waals surface area contributed by atoms with Gasteiger partial charge in [0.05, 0.1) is 6.54 Å². The van der Waals surface area contributed by atoms with Crippen LogP contribution in [0.25, 0.3) is 10.8 Å². The van der Waals surface area contributed by atoms with E-state index in [2.05, 4.69) is 30.9 Å². The zero-order chi connectivity index (χ0) is 14.1. The van der Waals surface area contributed by atoms with E-state index >= 15 is 0 Å². The number of anilines is 1. The first-order valence-corrected chi connectivity index (χ1v) is 6.55.